The Kier molecular flexibility index (Phi) is 7.42. The Morgan fingerprint density at radius 2 is 1.02 bits per heavy atom. The number of para-hydroxylation sites is 1. The molecule has 1 aliphatic rings. The fourth-order valence-electron chi connectivity index (χ4n) is 8.87. The number of fused-ring (bicyclic) bond motifs is 8. The molecule has 0 N–H and O–H groups in total. The molecule has 0 radical (unpaired) electrons. The molecule has 0 bridgehead atoms. The standard InChI is InChI=1S/C53H37NOS/c1-53(2)47-32-39(24-28-45(47)52-51(53)46-19-7-9-21-50(46)56-52)37-15-10-14-36(30-37)38-16-11-17-41(31-38)54(40-25-22-35(23-26-40)34-12-4-3-5-13-34)42-27-29-44-43-18-6-8-20-48(43)55-49(44)33-42/h3-33H,1-2H3. The van der Waals surface area contributed by atoms with Crippen LogP contribution >= 0.6 is 11.3 Å². The first-order valence-corrected chi connectivity index (χ1v) is 20.1. The minimum atomic E-state index is -0.0691. The number of hydrogen-bond acceptors (Lipinski definition) is 3. The molecule has 0 aliphatic heterocycles. The van der Waals surface area contributed by atoms with Crippen LogP contribution < -0.4 is 4.90 Å². The number of furan rings is 1. The lowest BCUT2D eigenvalue weighted by Crippen LogP contribution is -2.15. The molecule has 0 spiro atoms. The molecule has 10 aromatic rings. The maximum absolute atomic E-state index is 6.39. The molecule has 0 saturated carbocycles. The summed E-state index contributed by atoms with van der Waals surface area (Å²) in [6.07, 6.45) is 0. The van der Waals surface area contributed by atoms with Crippen LogP contribution in [-0.4, -0.2) is 0 Å². The zero-order valence-electron chi connectivity index (χ0n) is 31.2. The highest BCUT2D eigenvalue weighted by molar-refractivity contribution is 7.22. The van der Waals surface area contributed by atoms with Gasteiger partial charge in [-0.1, -0.05) is 135 Å². The van der Waals surface area contributed by atoms with E-state index in [9.17, 15) is 0 Å². The summed E-state index contributed by atoms with van der Waals surface area (Å²) in [5.41, 5.74) is 16.3. The fraction of sp³-hybridized carbons (Fsp3) is 0.0566. The van der Waals surface area contributed by atoms with Crippen LogP contribution in [0, 0.1) is 0 Å². The predicted octanol–water partition coefficient (Wildman–Crippen LogP) is 15.6. The van der Waals surface area contributed by atoms with Gasteiger partial charge in [0, 0.05) is 48.9 Å². The fourth-order valence-corrected chi connectivity index (χ4v) is 10.3. The molecule has 3 heteroatoms. The molecule has 11 rings (SSSR count). The van der Waals surface area contributed by atoms with Gasteiger partial charge in [0.2, 0.25) is 0 Å². The third kappa shape index (κ3) is 5.23. The van der Waals surface area contributed by atoms with Gasteiger partial charge in [0.1, 0.15) is 11.2 Å². The number of rotatable bonds is 6. The van der Waals surface area contributed by atoms with E-state index >= 15 is 0 Å². The minimum absolute atomic E-state index is 0.0691. The van der Waals surface area contributed by atoms with Crippen molar-refractivity contribution in [2.24, 2.45) is 0 Å². The highest BCUT2D eigenvalue weighted by Crippen LogP contribution is 2.56. The number of hydrogen-bond donors (Lipinski definition) is 0. The summed E-state index contributed by atoms with van der Waals surface area (Å²) in [5, 5.41) is 3.63. The number of benzene rings is 8. The Balaban J connectivity index is 0.986. The van der Waals surface area contributed by atoms with E-state index in [0.29, 0.717) is 0 Å². The van der Waals surface area contributed by atoms with E-state index in [1.807, 2.05) is 23.5 Å². The zero-order valence-corrected chi connectivity index (χ0v) is 32.0. The van der Waals surface area contributed by atoms with Gasteiger partial charge in [0.25, 0.3) is 0 Å². The largest absolute Gasteiger partial charge is 0.456 e. The third-order valence-corrected chi connectivity index (χ3v) is 12.8. The summed E-state index contributed by atoms with van der Waals surface area (Å²) in [5.74, 6) is 0. The van der Waals surface area contributed by atoms with Crippen LogP contribution in [0.5, 0.6) is 0 Å². The summed E-state index contributed by atoms with van der Waals surface area (Å²) in [4.78, 5) is 3.75. The molecule has 0 fully saturated rings. The molecule has 0 unspecified atom stereocenters. The van der Waals surface area contributed by atoms with E-state index in [0.717, 1.165) is 44.6 Å². The summed E-state index contributed by atoms with van der Waals surface area (Å²) in [7, 11) is 0. The molecule has 2 nitrogen and oxygen atoms in total. The first kappa shape index (κ1) is 32.7. The molecule has 8 aromatic carbocycles. The minimum Gasteiger partial charge on any atom is -0.456 e. The van der Waals surface area contributed by atoms with E-state index in [-0.39, 0.29) is 5.41 Å². The van der Waals surface area contributed by atoms with Crippen LogP contribution in [0.2, 0.25) is 0 Å². The molecular formula is C53H37NOS. The van der Waals surface area contributed by atoms with Crippen molar-refractivity contribution in [3.05, 3.63) is 199 Å². The first-order chi connectivity index (χ1) is 27.5. The van der Waals surface area contributed by atoms with Gasteiger partial charge < -0.3 is 9.32 Å². The normalized spacial score (nSPS) is 13.0. The summed E-state index contributed by atoms with van der Waals surface area (Å²) < 4.78 is 7.76. The maximum atomic E-state index is 6.39. The van der Waals surface area contributed by atoms with E-state index < -0.39 is 0 Å². The second-order valence-electron chi connectivity index (χ2n) is 15.3. The Bertz CT molecular complexity index is 3110. The van der Waals surface area contributed by atoms with E-state index in [4.69, 9.17) is 4.42 Å². The summed E-state index contributed by atoms with van der Waals surface area (Å²) in [6.45, 7) is 4.77. The van der Waals surface area contributed by atoms with E-state index in [2.05, 4.69) is 195 Å². The van der Waals surface area contributed by atoms with Crippen LogP contribution in [-0.2, 0) is 5.41 Å². The van der Waals surface area contributed by atoms with E-state index in [1.165, 1.54) is 59.5 Å². The monoisotopic (exact) mass is 735 g/mol. The van der Waals surface area contributed by atoms with Gasteiger partial charge in [0.15, 0.2) is 0 Å². The van der Waals surface area contributed by atoms with Crippen LogP contribution in [0.25, 0.3) is 75.8 Å². The quantitative estimate of drug-likeness (QED) is 0.169. The van der Waals surface area contributed by atoms with Crippen molar-refractivity contribution in [2.45, 2.75) is 19.3 Å². The molecular weight excluding hydrogens is 699 g/mol. The van der Waals surface area contributed by atoms with Gasteiger partial charge >= 0.3 is 0 Å². The van der Waals surface area contributed by atoms with Crippen molar-refractivity contribution in [1.29, 1.82) is 0 Å². The lowest BCUT2D eigenvalue weighted by atomic mass is 9.80. The average Bonchev–Trinajstić information content (AvgIpc) is 3.89. The molecule has 0 amide bonds. The van der Waals surface area contributed by atoms with E-state index in [1.54, 1.807) is 0 Å². The highest BCUT2D eigenvalue weighted by Gasteiger charge is 2.38. The lowest BCUT2D eigenvalue weighted by molar-refractivity contribution is 0.667. The molecule has 266 valence electrons. The van der Waals surface area contributed by atoms with Gasteiger partial charge in [-0.25, -0.2) is 0 Å². The van der Waals surface area contributed by atoms with Crippen LogP contribution in [0.3, 0.4) is 0 Å². The van der Waals surface area contributed by atoms with Gasteiger partial charge in [-0.2, -0.15) is 0 Å². The van der Waals surface area contributed by atoms with Crippen molar-refractivity contribution in [2.75, 3.05) is 4.90 Å². The van der Waals surface area contributed by atoms with Gasteiger partial charge in [-0.05, 0) is 116 Å². The van der Waals surface area contributed by atoms with Crippen LogP contribution in [0.15, 0.2) is 192 Å². The van der Waals surface area contributed by atoms with Crippen molar-refractivity contribution in [1.82, 2.24) is 0 Å². The molecule has 56 heavy (non-hydrogen) atoms. The number of thiophene rings is 1. The molecule has 2 heterocycles. The van der Waals surface area contributed by atoms with Crippen molar-refractivity contribution in [3.8, 4) is 43.8 Å². The summed E-state index contributed by atoms with van der Waals surface area (Å²) in [6, 6.07) is 68.1. The van der Waals surface area contributed by atoms with Gasteiger partial charge in [-0.15, -0.1) is 11.3 Å². The molecule has 0 atom stereocenters. The van der Waals surface area contributed by atoms with Gasteiger partial charge in [-0.3, -0.25) is 0 Å². The average molecular weight is 736 g/mol. The Labute approximate surface area is 330 Å². The maximum Gasteiger partial charge on any atom is 0.137 e. The lowest BCUT2D eigenvalue weighted by Gasteiger charge is -2.26. The Hall–Kier alpha value is -6.68. The SMILES string of the molecule is CC1(C)c2cc(-c3cccc(-c4cccc(N(c5ccc(-c6ccccc6)cc5)c5ccc6c(c5)oc5ccccc56)c4)c3)ccc2-c2sc3ccccc3c21. The van der Waals surface area contributed by atoms with Gasteiger partial charge in [0.05, 0.1) is 0 Å². The topological polar surface area (TPSA) is 16.4 Å². The van der Waals surface area contributed by atoms with Crippen molar-refractivity contribution < 1.29 is 4.42 Å². The smallest absolute Gasteiger partial charge is 0.137 e. The second-order valence-corrected chi connectivity index (χ2v) is 16.4. The van der Waals surface area contributed by atoms with Crippen molar-refractivity contribution >= 4 is 60.4 Å². The van der Waals surface area contributed by atoms with Crippen LogP contribution in [0.1, 0.15) is 25.0 Å². The summed E-state index contributed by atoms with van der Waals surface area (Å²) >= 11 is 1.92. The Morgan fingerprint density at radius 3 is 1.84 bits per heavy atom. The number of nitrogens with zero attached hydrogens (tertiary/aromatic N) is 1. The van der Waals surface area contributed by atoms with Crippen LogP contribution in [0.4, 0.5) is 17.1 Å². The third-order valence-electron chi connectivity index (χ3n) is 11.6. The molecule has 2 aromatic heterocycles. The zero-order chi connectivity index (χ0) is 37.4. The molecule has 0 saturated heterocycles. The second kappa shape index (κ2) is 12.7. The molecule has 1 aliphatic carbocycles. The predicted molar refractivity (Wildman–Crippen MR) is 238 cm³/mol. The van der Waals surface area contributed by atoms with Crippen molar-refractivity contribution in [3.63, 3.8) is 0 Å². The Morgan fingerprint density at radius 1 is 0.429 bits per heavy atom. The first-order valence-electron chi connectivity index (χ1n) is 19.2. The number of anilines is 3. The highest BCUT2D eigenvalue weighted by atomic mass is 32.1.